The molecule has 3 N–H and O–H groups in total. The maximum Gasteiger partial charge on any atom is 0.336 e. The SMILES string of the molecule is COC(=O)C(O)CNC(=O)c1ccc(O)cc1F. The summed E-state index contributed by atoms with van der Waals surface area (Å²) >= 11 is 0. The highest BCUT2D eigenvalue weighted by Gasteiger charge is 2.18. The van der Waals surface area contributed by atoms with Crippen molar-refractivity contribution < 1.29 is 28.9 Å². The minimum absolute atomic E-state index is 0.301. The van der Waals surface area contributed by atoms with Gasteiger partial charge in [-0.2, -0.15) is 0 Å². The van der Waals surface area contributed by atoms with Crippen molar-refractivity contribution in [3.8, 4) is 5.75 Å². The first kappa shape index (κ1) is 13.9. The zero-order chi connectivity index (χ0) is 13.7. The van der Waals surface area contributed by atoms with Crippen LogP contribution in [0.5, 0.6) is 5.75 Å². The van der Waals surface area contributed by atoms with Gasteiger partial charge in [-0.1, -0.05) is 0 Å². The maximum absolute atomic E-state index is 13.3. The standard InChI is InChI=1S/C11H12FNO5/c1-18-11(17)9(15)5-13-10(16)7-3-2-6(14)4-8(7)12/h2-4,9,14-15H,5H2,1H3,(H,13,16). The zero-order valence-corrected chi connectivity index (χ0v) is 9.51. The molecule has 98 valence electrons. The quantitative estimate of drug-likeness (QED) is 0.649. The topological polar surface area (TPSA) is 95.9 Å². The molecule has 0 saturated carbocycles. The summed E-state index contributed by atoms with van der Waals surface area (Å²) in [5.74, 6) is -2.92. The summed E-state index contributed by atoms with van der Waals surface area (Å²) in [4.78, 5) is 22.3. The van der Waals surface area contributed by atoms with E-state index in [0.717, 1.165) is 25.3 Å². The highest BCUT2D eigenvalue weighted by molar-refractivity contribution is 5.94. The van der Waals surface area contributed by atoms with Crippen LogP contribution in [0.25, 0.3) is 0 Å². The average molecular weight is 257 g/mol. The number of carbonyl (C=O) groups excluding carboxylic acids is 2. The van der Waals surface area contributed by atoms with Crippen molar-refractivity contribution >= 4 is 11.9 Å². The molecule has 0 radical (unpaired) electrons. The number of aromatic hydroxyl groups is 1. The summed E-state index contributed by atoms with van der Waals surface area (Å²) in [5, 5.41) is 20.3. The Kier molecular flexibility index (Phi) is 4.61. The van der Waals surface area contributed by atoms with E-state index in [-0.39, 0.29) is 11.3 Å². The summed E-state index contributed by atoms with van der Waals surface area (Å²) < 4.78 is 17.5. The van der Waals surface area contributed by atoms with Gasteiger partial charge >= 0.3 is 5.97 Å². The summed E-state index contributed by atoms with van der Waals surface area (Å²) in [5.41, 5.74) is -0.301. The van der Waals surface area contributed by atoms with Crippen molar-refractivity contribution in [2.75, 3.05) is 13.7 Å². The number of carbonyl (C=O) groups is 2. The van der Waals surface area contributed by atoms with Gasteiger partial charge < -0.3 is 20.3 Å². The number of hydrogen-bond acceptors (Lipinski definition) is 5. The number of halogens is 1. The molecule has 18 heavy (non-hydrogen) atoms. The first-order valence-corrected chi connectivity index (χ1v) is 4.98. The fourth-order valence-electron chi connectivity index (χ4n) is 1.19. The number of benzene rings is 1. The molecular formula is C11H12FNO5. The number of nitrogens with one attached hydrogen (secondary N) is 1. The molecule has 1 atom stereocenters. The van der Waals surface area contributed by atoms with Crippen molar-refractivity contribution in [2.24, 2.45) is 0 Å². The molecule has 1 aromatic rings. The average Bonchev–Trinajstić information content (AvgIpc) is 2.34. The number of rotatable bonds is 4. The van der Waals surface area contributed by atoms with Crippen molar-refractivity contribution in [1.29, 1.82) is 0 Å². The Morgan fingerprint density at radius 1 is 1.50 bits per heavy atom. The molecule has 1 amide bonds. The van der Waals surface area contributed by atoms with E-state index in [4.69, 9.17) is 5.11 Å². The van der Waals surface area contributed by atoms with Gasteiger partial charge in [0.1, 0.15) is 11.6 Å². The smallest absolute Gasteiger partial charge is 0.336 e. The van der Waals surface area contributed by atoms with Gasteiger partial charge in [-0.05, 0) is 12.1 Å². The Bertz CT molecular complexity index is 463. The highest BCUT2D eigenvalue weighted by Crippen LogP contribution is 2.14. The van der Waals surface area contributed by atoms with E-state index in [9.17, 15) is 19.1 Å². The van der Waals surface area contributed by atoms with E-state index in [2.05, 4.69) is 10.1 Å². The number of methoxy groups -OCH3 is 1. The number of ether oxygens (including phenoxy) is 1. The summed E-state index contributed by atoms with van der Waals surface area (Å²) in [6, 6.07) is 3.02. The minimum atomic E-state index is -1.51. The van der Waals surface area contributed by atoms with Crippen molar-refractivity contribution in [1.82, 2.24) is 5.32 Å². The molecule has 0 fully saturated rings. The molecule has 0 aliphatic rings. The number of aliphatic hydroxyl groups is 1. The number of phenolic OH excluding ortho intramolecular Hbond substituents is 1. The first-order valence-electron chi connectivity index (χ1n) is 4.98. The molecule has 0 saturated heterocycles. The number of hydrogen-bond donors (Lipinski definition) is 3. The number of aliphatic hydroxyl groups excluding tert-OH is 1. The third-order valence-electron chi connectivity index (χ3n) is 2.13. The lowest BCUT2D eigenvalue weighted by Gasteiger charge is -2.10. The predicted octanol–water partition coefficient (Wildman–Crippen LogP) is -0.205. The Morgan fingerprint density at radius 2 is 2.17 bits per heavy atom. The summed E-state index contributed by atoms with van der Waals surface area (Å²) in [6.07, 6.45) is -1.51. The molecular weight excluding hydrogens is 245 g/mol. The van der Waals surface area contributed by atoms with Crippen LogP contribution in [0.1, 0.15) is 10.4 Å². The molecule has 0 aromatic heterocycles. The summed E-state index contributed by atoms with van der Waals surface area (Å²) in [7, 11) is 1.09. The summed E-state index contributed by atoms with van der Waals surface area (Å²) in [6.45, 7) is -0.397. The zero-order valence-electron chi connectivity index (χ0n) is 9.51. The monoisotopic (exact) mass is 257 g/mol. The van der Waals surface area contributed by atoms with Gasteiger partial charge in [0.15, 0.2) is 6.10 Å². The Hall–Kier alpha value is -2.15. The number of esters is 1. The third kappa shape index (κ3) is 3.42. The van der Waals surface area contributed by atoms with Crippen molar-refractivity contribution in [3.63, 3.8) is 0 Å². The second-order valence-electron chi connectivity index (χ2n) is 3.41. The van der Waals surface area contributed by atoms with Crippen LogP contribution in [0.15, 0.2) is 18.2 Å². The van der Waals surface area contributed by atoms with Crippen LogP contribution in [-0.4, -0.2) is 41.8 Å². The van der Waals surface area contributed by atoms with Crippen LogP contribution in [0.2, 0.25) is 0 Å². The predicted molar refractivity (Wildman–Crippen MR) is 58.4 cm³/mol. The van der Waals surface area contributed by atoms with Gasteiger partial charge in [0.25, 0.3) is 5.91 Å². The van der Waals surface area contributed by atoms with Crippen molar-refractivity contribution in [2.45, 2.75) is 6.10 Å². The molecule has 1 unspecified atom stereocenters. The van der Waals surface area contributed by atoms with Crippen LogP contribution >= 0.6 is 0 Å². The van der Waals surface area contributed by atoms with E-state index in [1.54, 1.807) is 0 Å². The first-order chi connectivity index (χ1) is 8.45. The Morgan fingerprint density at radius 3 is 2.72 bits per heavy atom. The van der Waals surface area contributed by atoms with E-state index < -0.39 is 30.3 Å². The lowest BCUT2D eigenvalue weighted by atomic mass is 10.2. The number of phenols is 1. The highest BCUT2D eigenvalue weighted by atomic mass is 19.1. The van der Waals surface area contributed by atoms with Gasteiger partial charge in [-0.15, -0.1) is 0 Å². The van der Waals surface area contributed by atoms with E-state index in [1.165, 1.54) is 0 Å². The third-order valence-corrected chi connectivity index (χ3v) is 2.13. The fourth-order valence-corrected chi connectivity index (χ4v) is 1.19. The molecule has 0 bridgehead atoms. The lowest BCUT2D eigenvalue weighted by molar-refractivity contribution is -0.149. The van der Waals surface area contributed by atoms with Gasteiger partial charge in [-0.3, -0.25) is 4.79 Å². The van der Waals surface area contributed by atoms with E-state index in [0.29, 0.717) is 0 Å². The van der Waals surface area contributed by atoms with Crippen LogP contribution < -0.4 is 5.32 Å². The Balaban J connectivity index is 2.63. The van der Waals surface area contributed by atoms with Crippen LogP contribution in [0.3, 0.4) is 0 Å². The molecule has 7 heteroatoms. The van der Waals surface area contributed by atoms with E-state index >= 15 is 0 Å². The molecule has 0 aliphatic heterocycles. The second-order valence-corrected chi connectivity index (χ2v) is 3.41. The molecule has 6 nitrogen and oxygen atoms in total. The van der Waals surface area contributed by atoms with Gasteiger partial charge in [0.2, 0.25) is 0 Å². The maximum atomic E-state index is 13.3. The molecule has 0 heterocycles. The van der Waals surface area contributed by atoms with E-state index in [1.807, 2.05) is 0 Å². The van der Waals surface area contributed by atoms with Crippen LogP contribution in [0, 0.1) is 5.82 Å². The van der Waals surface area contributed by atoms with Crippen molar-refractivity contribution in [3.05, 3.63) is 29.6 Å². The minimum Gasteiger partial charge on any atom is -0.508 e. The normalized spacial score (nSPS) is 11.7. The molecule has 1 rings (SSSR count). The van der Waals surface area contributed by atoms with Crippen LogP contribution in [0.4, 0.5) is 4.39 Å². The Labute approximate surface area is 102 Å². The molecule has 0 aliphatic carbocycles. The lowest BCUT2D eigenvalue weighted by Crippen LogP contribution is -2.37. The van der Waals surface area contributed by atoms with Crippen LogP contribution in [-0.2, 0) is 9.53 Å². The number of amides is 1. The van der Waals surface area contributed by atoms with Gasteiger partial charge in [0.05, 0.1) is 19.2 Å². The molecule has 1 aromatic carbocycles. The fraction of sp³-hybridized carbons (Fsp3) is 0.273. The van der Waals surface area contributed by atoms with Gasteiger partial charge in [0, 0.05) is 6.07 Å². The van der Waals surface area contributed by atoms with Gasteiger partial charge in [-0.25, -0.2) is 9.18 Å². The second kappa shape index (κ2) is 5.97. The molecule has 0 spiro atoms. The largest absolute Gasteiger partial charge is 0.508 e.